The number of anilines is 1. The smallest absolute Gasteiger partial charge is 0.543 e. The summed E-state index contributed by atoms with van der Waals surface area (Å²) in [4.78, 5) is 69.2. The molecule has 2 aliphatic heterocycles. The van der Waals surface area contributed by atoms with Gasteiger partial charge in [-0.1, -0.05) is 5.16 Å². The molecule has 0 aliphatic carbocycles. The Morgan fingerprint density at radius 2 is 2.06 bits per heavy atom. The maximum atomic E-state index is 12.8. The van der Waals surface area contributed by atoms with Crippen LogP contribution in [0.2, 0.25) is 0 Å². The molecule has 2 atom stereocenters. The number of oxime groups is 1. The summed E-state index contributed by atoms with van der Waals surface area (Å²) in [5, 5.41) is 18.7. The van der Waals surface area contributed by atoms with Gasteiger partial charge in [0.15, 0.2) is 23.2 Å². The number of thiazole rings is 1. The first-order chi connectivity index (χ1) is 15.6. The average Bonchev–Trinajstić information content (AvgIpc) is 3.17. The fourth-order valence-electron chi connectivity index (χ4n) is 2.97. The number of amides is 2. The van der Waals surface area contributed by atoms with E-state index in [4.69, 9.17) is 15.3 Å². The Kier molecular flexibility index (Phi) is 9.64. The number of fused-ring (bicyclic) bond motifs is 1. The number of hydrogen-bond donors (Lipinski definition) is 2. The number of carbonyl (C=O) groups excluding carboxylic acids is 5. The number of ether oxygens (including phenoxy) is 1. The second-order valence-electron chi connectivity index (χ2n) is 6.87. The molecular formula is C18H18N5NaO8S2. The predicted molar refractivity (Wildman–Crippen MR) is 113 cm³/mol. The van der Waals surface area contributed by atoms with Gasteiger partial charge in [0.05, 0.1) is 11.7 Å². The van der Waals surface area contributed by atoms with Crippen LogP contribution in [0.5, 0.6) is 0 Å². The van der Waals surface area contributed by atoms with Crippen molar-refractivity contribution in [2.24, 2.45) is 5.16 Å². The normalized spacial score (nSPS) is 19.4. The van der Waals surface area contributed by atoms with Crippen LogP contribution in [0.1, 0.15) is 19.5 Å². The molecule has 3 heterocycles. The Morgan fingerprint density at radius 1 is 1.35 bits per heavy atom. The number of nitrogens with two attached hydrogens (primary N) is 1. The molecule has 176 valence electrons. The first kappa shape index (κ1) is 27.8. The quantitative estimate of drug-likeness (QED) is 0.104. The minimum Gasteiger partial charge on any atom is -0.543 e. The van der Waals surface area contributed by atoms with E-state index in [0.717, 1.165) is 16.2 Å². The predicted octanol–water partition coefficient (Wildman–Crippen LogP) is -4.99. The number of rotatable bonds is 9. The van der Waals surface area contributed by atoms with Crippen molar-refractivity contribution in [1.29, 1.82) is 0 Å². The molecule has 13 nitrogen and oxygen atoms in total. The van der Waals surface area contributed by atoms with Crippen LogP contribution < -0.4 is 45.7 Å². The number of ketones is 1. The van der Waals surface area contributed by atoms with Crippen LogP contribution in [0.25, 0.3) is 0 Å². The van der Waals surface area contributed by atoms with Crippen molar-refractivity contribution < 1.29 is 68.2 Å². The Hall–Kier alpha value is -2.46. The molecule has 1 saturated heterocycles. The summed E-state index contributed by atoms with van der Waals surface area (Å²) in [6.45, 7) is 1.77. The van der Waals surface area contributed by atoms with Gasteiger partial charge in [0, 0.05) is 23.6 Å². The molecule has 2 aliphatic rings. The van der Waals surface area contributed by atoms with Gasteiger partial charge in [-0.2, -0.15) is 0 Å². The first-order valence-corrected chi connectivity index (χ1v) is 11.3. The van der Waals surface area contributed by atoms with Gasteiger partial charge in [0.2, 0.25) is 0 Å². The van der Waals surface area contributed by atoms with E-state index in [2.05, 4.69) is 15.5 Å². The Balaban J connectivity index is 0.00000408. The summed E-state index contributed by atoms with van der Waals surface area (Å²) in [5.41, 5.74) is 5.21. The molecule has 2 amide bonds. The second-order valence-corrected chi connectivity index (χ2v) is 8.86. The number of aliphatic carboxylic acids is 1. The largest absolute Gasteiger partial charge is 1.00 e. The van der Waals surface area contributed by atoms with Gasteiger partial charge in [-0.15, -0.1) is 23.1 Å². The van der Waals surface area contributed by atoms with Gasteiger partial charge in [0.25, 0.3) is 11.8 Å². The van der Waals surface area contributed by atoms with E-state index in [0.29, 0.717) is 0 Å². The van der Waals surface area contributed by atoms with Gasteiger partial charge < -0.3 is 30.5 Å². The zero-order valence-corrected chi connectivity index (χ0v) is 22.0. The fourth-order valence-corrected chi connectivity index (χ4v) is 4.84. The van der Waals surface area contributed by atoms with E-state index >= 15 is 0 Å². The third kappa shape index (κ3) is 6.15. The van der Waals surface area contributed by atoms with Gasteiger partial charge >= 0.3 is 35.5 Å². The topological polar surface area (TPSA) is 193 Å². The number of aromatic nitrogens is 1. The van der Waals surface area contributed by atoms with Crippen molar-refractivity contribution in [3.63, 3.8) is 0 Å². The standard InChI is InChI=1S/C18H19N5O8S2.Na/c1-7(24)3-31-22-11(10-6-33-18(19)20-10)14(26)21-12-15(27)23-13(17(28)29)9(4-30-8(2)25)5-32-16(12)23;/h6,12,16H,3-5H2,1-2H3,(H2,19,20)(H,21,26)(H,28,29);/q;+1/p-1/t12?,16-;/m1./s1. The van der Waals surface area contributed by atoms with Crippen LogP contribution in [0, 0.1) is 0 Å². The molecule has 3 N–H and O–H groups in total. The molecule has 0 spiro atoms. The zero-order chi connectivity index (χ0) is 24.3. The molecule has 3 rings (SSSR count). The molecule has 1 fully saturated rings. The van der Waals surface area contributed by atoms with Gasteiger partial charge in [-0.05, 0) is 6.92 Å². The van der Waals surface area contributed by atoms with Crippen molar-refractivity contribution in [2.45, 2.75) is 25.3 Å². The summed E-state index contributed by atoms with van der Waals surface area (Å²) in [6, 6.07) is -1.07. The molecule has 1 aromatic heterocycles. The summed E-state index contributed by atoms with van der Waals surface area (Å²) in [6.07, 6.45) is 0. The van der Waals surface area contributed by atoms with Gasteiger partial charge in [-0.3, -0.25) is 24.1 Å². The number of carbonyl (C=O) groups is 5. The van der Waals surface area contributed by atoms with Crippen LogP contribution >= 0.6 is 23.1 Å². The third-order valence-corrected chi connectivity index (χ3v) is 6.39. The number of nitrogens with zero attached hydrogens (tertiary/aromatic N) is 3. The van der Waals surface area contributed by atoms with E-state index in [9.17, 15) is 29.1 Å². The number of thioether (sulfide) groups is 1. The van der Waals surface area contributed by atoms with E-state index in [1.807, 2.05) is 0 Å². The van der Waals surface area contributed by atoms with Gasteiger partial charge in [-0.25, -0.2) is 4.98 Å². The van der Waals surface area contributed by atoms with Crippen molar-refractivity contribution in [3.05, 3.63) is 22.3 Å². The van der Waals surface area contributed by atoms with Crippen LogP contribution in [-0.4, -0.2) is 75.5 Å². The van der Waals surface area contributed by atoms with Crippen molar-refractivity contribution in [2.75, 3.05) is 24.7 Å². The minimum atomic E-state index is -1.60. The van der Waals surface area contributed by atoms with Crippen LogP contribution in [0.15, 0.2) is 21.8 Å². The van der Waals surface area contributed by atoms with Crippen LogP contribution in [0.3, 0.4) is 0 Å². The number of esters is 1. The summed E-state index contributed by atoms with van der Waals surface area (Å²) < 4.78 is 4.85. The number of carboxylic acids is 1. The molecule has 0 bridgehead atoms. The molecule has 0 aromatic carbocycles. The zero-order valence-electron chi connectivity index (χ0n) is 18.4. The summed E-state index contributed by atoms with van der Waals surface area (Å²) in [7, 11) is 0. The van der Waals surface area contributed by atoms with E-state index in [1.165, 1.54) is 31.0 Å². The fraction of sp³-hybridized carbons (Fsp3) is 0.389. The average molecular weight is 519 g/mol. The van der Waals surface area contributed by atoms with Crippen molar-refractivity contribution in [3.8, 4) is 0 Å². The van der Waals surface area contributed by atoms with Crippen molar-refractivity contribution >= 4 is 63.5 Å². The number of nitrogen functional groups attached to an aromatic ring is 1. The first-order valence-electron chi connectivity index (χ1n) is 9.33. The van der Waals surface area contributed by atoms with E-state index in [1.54, 1.807) is 0 Å². The molecule has 16 heteroatoms. The number of carboxylic acid groups (broad SMARTS) is 1. The Bertz CT molecular complexity index is 1090. The second kappa shape index (κ2) is 11.8. The summed E-state index contributed by atoms with van der Waals surface area (Å²) >= 11 is 2.23. The SMILES string of the molecule is CC(=O)CON=C(C(=O)NC1C(=O)N2C(C(=O)[O-])=C(COC(C)=O)CS[C@H]12)c1csc(N)n1.[Na+]. The Labute approximate surface area is 223 Å². The number of Topliss-reactive ketones (excluding diaryl/α,β-unsaturated/α-hetero) is 1. The third-order valence-electron chi connectivity index (χ3n) is 4.38. The number of β-lactam (4-membered cyclic amide) rings is 1. The van der Waals surface area contributed by atoms with Gasteiger partial charge in [0.1, 0.15) is 23.7 Å². The minimum absolute atomic E-state index is 0. The van der Waals surface area contributed by atoms with E-state index in [-0.39, 0.29) is 82.1 Å². The van der Waals surface area contributed by atoms with Crippen molar-refractivity contribution in [1.82, 2.24) is 15.2 Å². The molecule has 0 saturated carbocycles. The molecule has 1 aromatic rings. The molecule has 34 heavy (non-hydrogen) atoms. The molecule has 0 radical (unpaired) electrons. The summed E-state index contributed by atoms with van der Waals surface area (Å²) in [5.74, 6) is -3.91. The number of nitrogens with one attached hydrogen (secondary N) is 1. The monoisotopic (exact) mass is 519 g/mol. The van der Waals surface area contributed by atoms with Crippen LogP contribution in [0.4, 0.5) is 5.13 Å². The maximum absolute atomic E-state index is 12.8. The van der Waals surface area contributed by atoms with Crippen LogP contribution in [-0.2, 0) is 33.5 Å². The molecule has 1 unspecified atom stereocenters. The molecular weight excluding hydrogens is 501 g/mol. The number of hydrogen-bond acceptors (Lipinski definition) is 13. The van der Waals surface area contributed by atoms with E-state index < -0.39 is 35.2 Å². The Morgan fingerprint density at radius 3 is 2.62 bits per heavy atom. The maximum Gasteiger partial charge on any atom is 1.00 e.